The van der Waals surface area contributed by atoms with Crippen molar-refractivity contribution in [2.75, 3.05) is 6.61 Å². The lowest BCUT2D eigenvalue weighted by atomic mass is 10.0. The summed E-state index contributed by atoms with van der Waals surface area (Å²) in [6.07, 6.45) is 0.779. The van der Waals surface area contributed by atoms with Crippen LogP contribution in [0.25, 0.3) is 0 Å². The topological polar surface area (TPSA) is 78.4 Å². The summed E-state index contributed by atoms with van der Waals surface area (Å²) in [6.45, 7) is 5.99. The predicted molar refractivity (Wildman–Crippen MR) is 66.2 cm³/mol. The number of non-ortho nitro benzene ring substituents is 1. The van der Waals surface area contributed by atoms with Gasteiger partial charge in [-0.1, -0.05) is 6.92 Å². The van der Waals surface area contributed by atoms with Gasteiger partial charge in [0.2, 0.25) is 0 Å². The van der Waals surface area contributed by atoms with Gasteiger partial charge in [0.05, 0.1) is 11.0 Å². The molecule has 0 bridgehead atoms. The van der Waals surface area contributed by atoms with Gasteiger partial charge in [0, 0.05) is 11.6 Å². The third-order valence-corrected chi connectivity index (χ3v) is 2.62. The molecule has 5 nitrogen and oxygen atoms in total. The van der Waals surface area contributed by atoms with E-state index >= 15 is 0 Å². The summed E-state index contributed by atoms with van der Waals surface area (Å²) in [5.41, 5.74) is 6.36. The molecule has 0 radical (unpaired) electrons. The zero-order valence-corrected chi connectivity index (χ0v) is 10.4. The predicted octanol–water partition coefficient (Wildman–Crippen LogP) is 2.41. The SMILES string of the molecule is CCC(C)(N)COc1cc(C)cc([N+](=O)[O-])c1. The maximum atomic E-state index is 10.7. The highest BCUT2D eigenvalue weighted by Crippen LogP contribution is 2.23. The first kappa shape index (κ1) is 13.4. The minimum Gasteiger partial charge on any atom is -0.491 e. The number of ether oxygens (including phenoxy) is 1. The van der Waals surface area contributed by atoms with Crippen molar-refractivity contribution in [2.45, 2.75) is 32.7 Å². The number of nitro benzene ring substituents is 1. The summed E-state index contributed by atoms with van der Waals surface area (Å²) in [4.78, 5) is 10.3. The number of aryl methyl sites for hydroxylation is 1. The molecule has 0 saturated heterocycles. The first-order valence-electron chi connectivity index (χ1n) is 5.52. The number of nitrogens with two attached hydrogens (primary N) is 1. The second kappa shape index (κ2) is 5.14. The standard InChI is InChI=1S/C12H18N2O3/c1-4-12(3,13)8-17-11-6-9(2)5-10(7-11)14(15)16/h5-7H,4,8,13H2,1-3H3. The van der Waals surface area contributed by atoms with Crippen LogP contribution in [0.2, 0.25) is 0 Å². The maximum absolute atomic E-state index is 10.7. The fraction of sp³-hybridized carbons (Fsp3) is 0.500. The van der Waals surface area contributed by atoms with E-state index in [0.29, 0.717) is 12.4 Å². The molecular formula is C12H18N2O3. The molecular weight excluding hydrogens is 220 g/mol. The van der Waals surface area contributed by atoms with E-state index < -0.39 is 10.5 Å². The van der Waals surface area contributed by atoms with Crippen LogP contribution in [0.1, 0.15) is 25.8 Å². The van der Waals surface area contributed by atoms with Crippen LogP contribution in [0.5, 0.6) is 5.75 Å². The van der Waals surface area contributed by atoms with Crippen LogP contribution in [0.3, 0.4) is 0 Å². The average Bonchev–Trinajstić information content (AvgIpc) is 2.26. The lowest BCUT2D eigenvalue weighted by molar-refractivity contribution is -0.385. The fourth-order valence-electron chi connectivity index (χ4n) is 1.27. The van der Waals surface area contributed by atoms with Gasteiger partial charge in [-0.25, -0.2) is 0 Å². The maximum Gasteiger partial charge on any atom is 0.273 e. The molecule has 0 spiro atoms. The van der Waals surface area contributed by atoms with Gasteiger partial charge in [-0.05, 0) is 31.9 Å². The van der Waals surface area contributed by atoms with E-state index in [0.717, 1.165) is 12.0 Å². The number of nitrogens with zero attached hydrogens (tertiary/aromatic N) is 1. The number of benzene rings is 1. The van der Waals surface area contributed by atoms with E-state index in [1.54, 1.807) is 13.0 Å². The molecule has 1 aromatic carbocycles. The quantitative estimate of drug-likeness (QED) is 0.631. The Labute approximate surface area is 101 Å². The van der Waals surface area contributed by atoms with Crippen molar-refractivity contribution in [1.82, 2.24) is 0 Å². The zero-order valence-electron chi connectivity index (χ0n) is 10.4. The Bertz CT molecular complexity index is 416. The number of rotatable bonds is 5. The highest BCUT2D eigenvalue weighted by Gasteiger charge is 2.17. The summed E-state index contributed by atoms with van der Waals surface area (Å²) in [5, 5.41) is 10.7. The molecule has 0 aliphatic carbocycles. The molecule has 1 atom stereocenters. The largest absolute Gasteiger partial charge is 0.491 e. The third-order valence-electron chi connectivity index (χ3n) is 2.62. The van der Waals surface area contributed by atoms with Gasteiger partial charge in [-0.3, -0.25) is 10.1 Å². The molecule has 5 heteroatoms. The first-order chi connectivity index (χ1) is 7.84. The van der Waals surface area contributed by atoms with E-state index in [9.17, 15) is 10.1 Å². The Morgan fingerprint density at radius 3 is 2.65 bits per heavy atom. The van der Waals surface area contributed by atoms with Crippen LogP contribution in [0, 0.1) is 17.0 Å². The van der Waals surface area contributed by atoms with Crippen LogP contribution in [-0.4, -0.2) is 17.1 Å². The lowest BCUT2D eigenvalue weighted by Gasteiger charge is -2.22. The minimum absolute atomic E-state index is 0.0372. The molecule has 1 aromatic rings. The van der Waals surface area contributed by atoms with Gasteiger partial charge in [0.15, 0.2) is 0 Å². The van der Waals surface area contributed by atoms with Crippen LogP contribution in [0.15, 0.2) is 18.2 Å². The van der Waals surface area contributed by atoms with Crippen molar-refractivity contribution in [1.29, 1.82) is 0 Å². The summed E-state index contributed by atoms with van der Waals surface area (Å²) in [6, 6.07) is 4.69. The Kier molecular flexibility index (Phi) is 4.07. The number of nitro groups is 1. The molecule has 0 amide bonds. The highest BCUT2D eigenvalue weighted by atomic mass is 16.6. The molecule has 1 rings (SSSR count). The van der Waals surface area contributed by atoms with Crippen LogP contribution >= 0.6 is 0 Å². The molecule has 0 aliphatic heterocycles. The Balaban J connectivity index is 2.81. The van der Waals surface area contributed by atoms with Crippen molar-refractivity contribution in [3.63, 3.8) is 0 Å². The second-order valence-corrected chi connectivity index (χ2v) is 4.56. The van der Waals surface area contributed by atoms with Crippen molar-refractivity contribution in [3.8, 4) is 5.75 Å². The first-order valence-corrected chi connectivity index (χ1v) is 5.52. The van der Waals surface area contributed by atoms with E-state index in [4.69, 9.17) is 10.5 Å². The van der Waals surface area contributed by atoms with Crippen molar-refractivity contribution >= 4 is 5.69 Å². The van der Waals surface area contributed by atoms with E-state index in [1.165, 1.54) is 12.1 Å². The Hall–Kier alpha value is -1.62. The van der Waals surface area contributed by atoms with E-state index in [1.807, 2.05) is 13.8 Å². The van der Waals surface area contributed by atoms with Gasteiger partial charge >= 0.3 is 0 Å². The second-order valence-electron chi connectivity index (χ2n) is 4.56. The van der Waals surface area contributed by atoms with Gasteiger partial charge in [-0.15, -0.1) is 0 Å². The summed E-state index contributed by atoms with van der Waals surface area (Å²) in [5.74, 6) is 0.488. The minimum atomic E-state index is -0.429. The third kappa shape index (κ3) is 4.03. The molecule has 0 heterocycles. The van der Waals surface area contributed by atoms with Crippen molar-refractivity contribution in [3.05, 3.63) is 33.9 Å². The van der Waals surface area contributed by atoms with E-state index in [2.05, 4.69) is 0 Å². The van der Waals surface area contributed by atoms with Crippen LogP contribution < -0.4 is 10.5 Å². The van der Waals surface area contributed by atoms with Gasteiger partial charge in [-0.2, -0.15) is 0 Å². The summed E-state index contributed by atoms with van der Waals surface area (Å²) in [7, 11) is 0. The van der Waals surface area contributed by atoms with Crippen molar-refractivity contribution in [2.24, 2.45) is 5.73 Å². The number of hydrogen-bond acceptors (Lipinski definition) is 4. The van der Waals surface area contributed by atoms with Crippen LogP contribution in [-0.2, 0) is 0 Å². The molecule has 2 N–H and O–H groups in total. The van der Waals surface area contributed by atoms with Gasteiger partial charge in [0.25, 0.3) is 5.69 Å². The molecule has 0 saturated carbocycles. The smallest absolute Gasteiger partial charge is 0.273 e. The Morgan fingerprint density at radius 2 is 2.12 bits per heavy atom. The zero-order chi connectivity index (χ0) is 13.1. The van der Waals surface area contributed by atoms with Gasteiger partial charge < -0.3 is 10.5 Å². The number of hydrogen-bond donors (Lipinski definition) is 1. The molecule has 0 aliphatic rings. The summed E-state index contributed by atoms with van der Waals surface area (Å²) < 4.78 is 5.50. The van der Waals surface area contributed by atoms with Gasteiger partial charge in [0.1, 0.15) is 12.4 Å². The van der Waals surface area contributed by atoms with Crippen molar-refractivity contribution < 1.29 is 9.66 Å². The normalized spacial score (nSPS) is 14.1. The molecule has 0 aromatic heterocycles. The average molecular weight is 238 g/mol. The molecule has 94 valence electrons. The molecule has 0 fully saturated rings. The molecule has 17 heavy (non-hydrogen) atoms. The van der Waals surface area contributed by atoms with E-state index in [-0.39, 0.29) is 5.69 Å². The summed E-state index contributed by atoms with van der Waals surface area (Å²) >= 11 is 0. The fourth-order valence-corrected chi connectivity index (χ4v) is 1.27. The monoisotopic (exact) mass is 238 g/mol. The Morgan fingerprint density at radius 1 is 1.47 bits per heavy atom. The lowest BCUT2D eigenvalue weighted by Crippen LogP contribution is -2.41. The van der Waals surface area contributed by atoms with Crippen LogP contribution in [0.4, 0.5) is 5.69 Å². The molecule has 1 unspecified atom stereocenters. The highest BCUT2D eigenvalue weighted by molar-refractivity contribution is 5.42.